The van der Waals surface area contributed by atoms with E-state index < -0.39 is 0 Å². The molecule has 0 spiro atoms. The molecule has 31 heavy (non-hydrogen) atoms. The Labute approximate surface area is 185 Å². The number of amides is 1. The molecule has 0 bridgehead atoms. The van der Waals surface area contributed by atoms with E-state index in [4.69, 9.17) is 0 Å². The number of carbonyl (C=O) groups is 1. The molecular formula is C25H24N4OS. The molecule has 2 aromatic heterocycles. The zero-order valence-electron chi connectivity index (χ0n) is 17.7. The highest BCUT2D eigenvalue weighted by molar-refractivity contribution is 7.19. The molecule has 1 aliphatic rings. The number of benzene rings is 2. The molecule has 2 aromatic carbocycles. The third-order valence-electron chi connectivity index (χ3n) is 5.81. The Balaban J connectivity index is 1.45. The molecule has 0 saturated heterocycles. The summed E-state index contributed by atoms with van der Waals surface area (Å²) >= 11 is 1.78. The Morgan fingerprint density at radius 1 is 1.00 bits per heavy atom. The third-order valence-corrected chi connectivity index (χ3v) is 7.01. The Morgan fingerprint density at radius 3 is 2.65 bits per heavy atom. The fourth-order valence-electron chi connectivity index (χ4n) is 4.05. The minimum atomic E-state index is -0.132. The van der Waals surface area contributed by atoms with E-state index in [9.17, 15) is 4.79 Å². The highest BCUT2D eigenvalue weighted by Gasteiger charge is 2.20. The molecular weight excluding hydrogens is 404 g/mol. The molecule has 4 aromatic rings. The van der Waals surface area contributed by atoms with Crippen LogP contribution >= 0.6 is 11.3 Å². The van der Waals surface area contributed by atoms with Crippen LogP contribution in [0.5, 0.6) is 0 Å². The van der Waals surface area contributed by atoms with E-state index in [1.807, 2.05) is 56.3 Å². The molecule has 5 nitrogen and oxygen atoms in total. The van der Waals surface area contributed by atoms with Crippen molar-refractivity contribution in [3.8, 4) is 0 Å². The van der Waals surface area contributed by atoms with Gasteiger partial charge in [0.15, 0.2) is 0 Å². The van der Waals surface area contributed by atoms with Crippen molar-refractivity contribution in [3.63, 3.8) is 0 Å². The van der Waals surface area contributed by atoms with Gasteiger partial charge in [-0.2, -0.15) is 0 Å². The topological polar surface area (TPSA) is 66.9 Å². The summed E-state index contributed by atoms with van der Waals surface area (Å²) in [5.41, 5.74) is 5.88. The van der Waals surface area contributed by atoms with Gasteiger partial charge in [-0.3, -0.25) is 4.79 Å². The third kappa shape index (κ3) is 3.91. The molecule has 5 rings (SSSR count). The van der Waals surface area contributed by atoms with Gasteiger partial charge in [-0.1, -0.05) is 23.8 Å². The van der Waals surface area contributed by atoms with Crippen molar-refractivity contribution in [3.05, 3.63) is 75.9 Å². The first-order chi connectivity index (χ1) is 15.1. The van der Waals surface area contributed by atoms with Gasteiger partial charge in [-0.15, -0.1) is 11.3 Å². The van der Waals surface area contributed by atoms with Gasteiger partial charge in [-0.05, 0) is 74.9 Å². The number of rotatable bonds is 4. The van der Waals surface area contributed by atoms with Crippen LogP contribution in [0, 0.1) is 13.8 Å². The summed E-state index contributed by atoms with van der Waals surface area (Å²) in [5.74, 6) is 0.691. The van der Waals surface area contributed by atoms with Crippen LogP contribution in [-0.4, -0.2) is 15.9 Å². The van der Waals surface area contributed by atoms with E-state index in [2.05, 4.69) is 20.6 Å². The largest absolute Gasteiger partial charge is 0.339 e. The predicted molar refractivity (Wildman–Crippen MR) is 128 cm³/mol. The van der Waals surface area contributed by atoms with Crippen molar-refractivity contribution in [2.45, 2.75) is 39.5 Å². The molecule has 156 valence electrons. The van der Waals surface area contributed by atoms with Gasteiger partial charge in [0.1, 0.15) is 17.0 Å². The van der Waals surface area contributed by atoms with Crippen LogP contribution in [-0.2, 0) is 12.8 Å². The van der Waals surface area contributed by atoms with Crippen LogP contribution in [0.4, 0.5) is 17.2 Å². The number of aryl methyl sites for hydroxylation is 4. The number of carbonyl (C=O) groups excluding carboxylic acids is 1. The van der Waals surface area contributed by atoms with Crippen LogP contribution in [0.2, 0.25) is 0 Å². The number of anilines is 3. The molecule has 1 aliphatic carbocycles. The number of thiophene rings is 1. The van der Waals surface area contributed by atoms with Crippen LogP contribution in [0.25, 0.3) is 10.2 Å². The lowest BCUT2D eigenvalue weighted by molar-refractivity contribution is 0.102. The van der Waals surface area contributed by atoms with Crippen LogP contribution in [0.3, 0.4) is 0 Å². The van der Waals surface area contributed by atoms with Crippen molar-refractivity contribution in [2.24, 2.45) is 0 Å². The van der Waals surface area contributed by atoms with Crippen LogP contribution in [0.1, 0.15) is 44.8 Å². The molecule has 0 saturated carbocycles. The summed E-state index contributed by atoms with van der Waals surface area (Å²) in [4.78, 5) is 24.4. The van der Waals surface area contributed by atoms with E-state index in [1.54, 1.807) is 17.7 Å². The molecule has 0 unspecified atom stereocenters. The number of aromatic nitrogens is 2. The van der Waals surface area contributed by atoms with Gasteiger partial charge >= 0.3 is 0 Å². The van der Waals surface area contributed by atoms with Gasteiger partial charge in [0.2, 0.25) is 0 Å². The molecule has 0 aliphatic heterocycles. The minimum absolute atomic E-state index is 0.132. The smallest absolute Gasteiger partial charge is 0.255 e. The van der Waals surface area contributed by atoms with Crippen molar-refractivity contribution < 1.29 is 4.79 Å². The molecule has 2 heterocycles. The second-order valence-electron chi connectivity index (χ2n) is 8.09. The molecule has 0 radical (unpaired) electrons. The lowest BCUT2D eigenvalue weighted by Gasteiger charge is -2.14. The maximum absolute atomic E-state index is 12.8. The first-order valence-electron chi connectivity index (χ1n) is 10.6. The van der Waals surface area contributed by atoms with E-state index in [1.165, 1.54) is 23.3 Å². The minimum Gasteiger partial charge on any atom is -0.339 e. The van der Waals surface area contributed by atoms with Crippen LogP contribution in [0.15, 0.2) is 48.8 Å². The Morgan fingerprint density at radius 2 is 1.81 bits per heavy atom. The lowest BCUT2D eigenvalue weighted by Crippen LogP contribution is -2.12. The number of nitrogens with one attached hydrogen (secondary N) is 2. The summed E-state index contributed by atoms with van der Waals surface area (Å²) in [7, 11) is 0. The summed E-state index contributed by atoms with van der Waals surface area (Å²) in [6.45, 7) is 4.06. The summed E-state index contributed by atoms with van der Waals surface area (Å²) in [6, 6.07) is 13.5. The monoisotopic (exact) mass is 428 g/mol. The zero-order valence-corrected chi connectivity index (χ0v) is 18.5. The molecule has 0 atom stereocenters. The summed E-state index contributed by atoms with van der Waals surface area (Å²) < 4.78 is 0. The first-order valence-corrected chi connectivity index (χ1v) is 11.4. The van der Waals surface area contributed by atoms with E-state index in [0.29, 0.717) is 5.56 Å². The van der Waals surface area contributed by atoms with Gasteiger partial charge in [-0.25, -0.2) is 9.97 Å². The normalized spacial score (nSPS) is 13.1. The average molecular weight is 429 g/mol. The zero-order chi connectivity index (χ0) is 21.4. The lowest BCUT2D eigenvalue weighted by atomic mass is 9.97. The quantitative estimate of drug-likeness (QED) is 0.407. The standard InChI is InChI=1S/C25H24N4OS/c1-15-7-11-18(12-8-15)28-24(30)17-10-9-16(2)20(13-17)29-23-22-19-5-3-4-6-21(19)31-25(22)27-14-26-23/h7-14H,3-6H2,1-2H3,(H,28,30)(H,26,27,29). The predicted octanol–water partition coefficient (Wildman–Crippen LogP) is 6.18. The highest BCUT2D eigenvalue weighted by Crippen LogP contribution is 2.39. The SMILES string of the molecule is Cc1ccc(NC(=O)c2ccc(C)c(Nc3ncnc4sc5c(c34)CCCC5)c2)cc1. The van der Waals surface area contributed by atoms with Crippen molar-refractivity contribution in [2.75, 3.05) is 10.6 Å². The number of hydrogen-bond acceptors (Lipinski definition) is 5. The number of nitrogens with zero attached hydrogens (tertiary/aromatic N) is 2. The maximum Gasteiger partial charge on any atom is 0.255 e. The molecule has 2 N–H and O–H groups in total. The van der Waals surface area contributed by atoms with Crippen molar-refractivity contribution in [1.29, 1.82) is 0 Å². The van der Waals surface area contributed by atoms with Crippen LogP contribution < -0.4 is 10.6 Å². The van der Waals surface area contributed by atoms with Gasteiger partial charge in [0, 0.05) is 21.8 Å². The second-order valence-corrected chi connectivity index (χ2v) is 9.17. The van der Waals surface area contributed by atoms with E-state index in [-0.39, 0.29) is 5.91 Å². The Hall–Kier alpha value is -3.25. The van der Waals surface area contributed by atoms with Crippen molar-refractivity contribution in [1.82, 2.24) is 9.97 Å². The van der Waals surface area contributed by atoms with E-state index in [0.717, 1.165) is 51.4 Å². The Bertz CT molecular complexity index is 1280. The van der Waals surface area contributed by atoms with E-state index >= 15 is 0 Å². The maximum atomic E-state index is 12.8. The molecule has 0 fully saturated rings. The highest BCUT2D eigenvalue weighted by atomic mass is 32.1. The molecule has 1 amide bonds. The number of hydrogen-bond donors (Lipinski definition) is 2. The average Bonchev–Trinajstić information content (AvgIpc) is 3.16. The summed E-state index contributed by atoms with van der Waals surface area (Å²) in [5, 5.41) is 7.60. The fourth-order valence-corrected chi connectivity index (χ4v) is 5.28. The summed E-state index contributed by atoms with van der Waals surface area (Å²) in [6.07, 6.45) is 6.28. The fraction of sp³-hybridized carbons (Fsp3) is 0.240. The molecule has 6 heteroatoms. The first kappa shape index (κ1) is 19.7. The Kier molecular flexibility index (Phi) is 5.16. The van der Waals surface area contributed by atoms with Crippen molar-refractivity contribution >= 4 is 44.7 Å². The second kappa shape index (κ2) is 8.12. The van der Waals surface area contributed by atoms with Gasteiger partial charge in [0.05, 0.1) is 5.39 Å². The number of fused-ring (bicyclic) bond motifs is 3. The van der Waals surface area contributed by atoms with Gasteiger partial charge in [0.25, 0.3) is 5.91 Å². The van der Waals surface area contributed by atoms with Gasteiger partial charge < -0.3 is 10.6 Å².